The van der Waals surface area contributed by atoms with Crippen LogP contribution in [0, 0.1) is 5.41 Å². The maximum absolute atomic E-state index is 12.3. The number of thioether (sulfide) groups is 1. The third-order valence-electron chi connectivity index (χ3n) is 4.61. The molecule has 0 fully saturated rings. The number of halogens is 1. The molecule has 5 rings (SSSR count). The van der Waals surface area contributed by atoms with Crippen molar-refractivity contribution < 1.29 is 19.0 Å². The zero-order chi connectivity index (χ0) is 20.7. The van der Waals surface area contributed by atoms with Gasteiger partial charge in [-0.2, -0.15) is 4.99 Å². The van der Waals surface area contributed by atoms with Gasteiger partial charge in [0.05, 0.1) is 10.6 Å². The zero-order valence-electron chi connectivity index (χ0n) is 15.4. The molecule has 0 saturated carbocycles. The molecule has 0 bridgehead atoms. The first-order chi connectivity index (χ1) is 14.6. The lowest BCUT2D eigenvalue weighted by Gasteiger charge is -2.22. The Balaban J connectivity index is 1.32. The van der Waals surface area contributed by atoms with Crippen molar-refractivity contribution in [3.63, 3.8) is 0 Å². The summed E-state index contributed by atoms with van der Waals surface area (Å²) in [4.78, 5) is 17.9. The highest BCUT2D eigenvalue weighted by Gasteiger charge is 2.31. The average Bonchev–Trinajstić information content (AvgIpc) is 3.39. The third-order valence-corrected chi connectivity index (χ3v) is 5.66. The van der Waals surface area contributed by atoms with Crippen LogP contribution in [0.2, 0.25) is 5.02 Å². The predicted octanol–water partition coefficient (Wildman–Crippen LogP) is 4.42. The van der Waals surface area contributed by atoms with Crippen molar-refractivity contribution >= 4 is 46.3 Å². The quantitative estimate of drug-likeness (QED) is 0.710. The summed E-state index contributed by atoms with van der Waals surface area (Å²) in [5.41, 5.74) is 1.81. The number of amidine groups is 2. The number of amides is 1. The number of hydrogen-bond acceptors (Lipinski definition) is 6. The van der Waals surface area contributed by atoms with Gasteiger partial charge in [-0.15, -0.1) is 0 Å². The summed E-state index contributed by atoms with van der Waals surface area (Å²) in [5.74, 6) is 1.57. The SMILES string of the molecule is N=C1/C(=C/c2ccc(OCc3ccc4c(c3)OCO4)c(Cl)c2)C(=O)N=C2SC=CN12. The van der Waals surface area contributed by atoms with Gasteiger partial charge < -0.3 is 14.2 Å². The number of aliphatic imine (C=N–C) groups is 1. The monoisotopic (exact) mass is 439 g/mol. The van der Waals surface area contributed by atoms with Crippen LogP contribution in [0.1, 0.15) is 11.1 Å². The van der Waals surface area contributed by atoms with Gasteiger partial charge in [0.2, 0.25) is 6.79 Å². The molecule has 1 amide bonds. The lowest BCUT2D eigenvalue weighted by molar-refractivity contribution is -0.114. The van der Waals surface area contributed by atoms with Gasteiger partial charge in [-0.1, -0.05) is 35.5 Å². The molecular weight excluding hydrogens is 426 g/mol. The van der Waals surface area contributed by atoms with Crippen LogP contribution in [0.25, 0.3) is 6.08 Å². The molecule has 1 N–H and O–H groups in total. The summed E-state index contributed by atoms with van der Waals surface area (Å²) in [7, 11) is 0. The van der Waals surface area contributed by atoms with E-state index in [2.05, 4.69) is 4.99 Å². The summed E-state index contributed by atoms with van der Waals surface area (Å²) >= 11 is 7.69. The van der Waals surface area contributed by atoms with E-state index in [9.17, 15) is 4.79 Å². The molecule has 0 unspecified atom stereocenters. The van der Waals surface area contributed by atoms with E-state index >= 15 is 0 Å². The minimum atomic E-state index is -0.443. The number of nitrogens with one attached hydrogen (secondary N) is 1. The first kappa shape index (κ1) is 18.8. The predicted molar refractivity (Wildman–Crippen MR) is 115 cm³/mol. The highest BCUT2D eigenvalue weighted by Crippen LogP contribution is 2.34. The highest BCUT2D eigenvalue weighted by atomic mass is 35.5. The van der Waals surface area contributed by atoms with E-state index in [1.54, 1.807) is 40.8 Å². The molecule has 3 aliphatic rings. The maximum atomic E-state index is 12.3. The summed E-state index contributed by atoms with van der Waals surface area (Å²) in [5, 5.41) is 11.0. The smallest absolute Gasteiger partial charge is 0.283 e. The van der Waals surface area contributed by atoms with Crippen LogP contribution >= 0.6 is 23.4 Å². The number of benzene rings is 2. The third kappa shape index (κ3) is 3.44. The highest BCUT2D eigenvalue weighted by molar-refractivity contribution is 8.16. The van der Waals surface area contributed by atoms with Gasteiger partial charge >= 0.3 is 0 Å². The van der Waals surface area contributed by atoms with Crippen molar-refractivity contribution in [2.24, 2.45) is 4.99 Å². The van der Waals surface area contributed by atoms with Crippen LogP contribution in [0.15, 0.2) is 58.6 Å². The van der Waals surface area contributed by atoms with Gasteiger partial charge in [0, 0.05) is 6.20 Å². The van der Waals surface area contributed by atoms with Crippen LogP contribution in [0.4, 0.5) is 0 Å². The van der Waals surface area contributed by atoms with Gasteiger partial charge in [-0.3, -0.25) is 15.1 Å². The molecule has 2 aromatic carbocycles. The van der Waals surface area contributed by atoms with Crippen molar-refractivity contribution in [2.45, 2.75) is 6.61 Å². The molecule has 150 valence electrons. The molecule has 9 heteroatoms. The van der Waals surface area contributed by atoms with E-state index in [1.165, 1.54) is 11.8 Å². The molecule has 0 radical (unpaired) electrons. The van der Waals surface area contributed by atoms with E-state index < -0.39 is 5.91 Å². The van der Waals surface area contributed by atoms with E-state index in [4.69, 9.17) is 31.2 Å². The fourth-order valence-corrected chi connectivity index (χ4v) is 4.06. The van der Waals surface area contributed by atoms with Crippen LogP contribution in [0.3, 0.4) is 0 Å². The number of carbonyl (C=O) groups excluding carboxylic acids is 1. The molecule has 3 aliphatic heterocycles. The normalized spacial score (nSPS) is 18.1. The first-order valence-electron chi connectivity index (χ1n) is 8.95. The van der Waals surface area contributed by atoms with E-state index in [-0.39, 0.29) is 18.2 Å². The Kier molecular flexibility index (Phi) is 4.72. The number of nitrogens with zero attached hydrogens (tertiary/aromatic N) is 2. The lowest BCUT2D eigenvalue weighted by atomic mass is 10.1. The number of carbonyl (C=O) groups is 1. The minimum absolute atomic E-state index is 0.0884. The Labute approximate surface area is 181 Å². The first-order valence-corrected chi connectivity index (χ1v) is 10.2. The Morgan fingerprint density at radius 3 is 2.97 bits per heavy atom. The number of hydrogen-bond donors (Lipinski definition) is 1. The Bertz CT molecular complexity index is 1170. The van der Waals surface area contributed by atoms with Gasteiger partial charge in [0.15, 0.2) is 16.7 Å². The zero-order valence-corrected chi connectivity index (χ0v) is 17.0. The van der Waals surface area contributed by atoms with Crippen molar-refractivity contribution in [1.29, 1.82) is 5.41 Å². The van der Waals surface area contributed by atoms with Crippen LogP contribution in [-0.4, -0.2) is 28.6 Å². The van der Waals surface area contributed by atoms with Crippen molar-refractivity contribution in [2.75, 3.05) is 6.79 Å². The molecule has 0 spiro atoms. The Morgan fingerprint density at radius 1 is 1.23 bits per heavy atom. The van der Waals surface area contributed by atoms with Gasteiger partial charge in [0.25, 0.3) is 5.91 Å². The average molecular weight is 440 g/mol. The van der Waals surface area contributed by atoms with Crippen LogP contribution in [0.5, 0.6) is 17.2 Å². The van der Waals surface area contributed by atoms with E-state index in [0.29, 0.717) is 33.9 Å². The van der Waals surface area contributed by atoms with Gasteiger partial charge in [-0.25, -0.2) is 0 Å². The van der Waals surface area contributed by atoms with Crippen molar-refractivity contribution in [3.8, 4) is 17.2 Å². The van der Waals surface area contributed by atoms with E-state index in [0.717, 1.165) is 11.3 Å². The van der Waals surface area contributed by atoms with E-state index in [1.807, 2.05) is 18.2 Å². The topological polar surface area (TPSA) is 84.2 Å². The second kappa shape index (κ2) is 7.55. The number of fused-ring (bicyclic) bond motifs is 2. The molecule has 0 saturated heterocycles. The largest absolute Gasteiger partial charge is 0.487 e. The summed E-state index contributed by atoms with van der Waals surface area (Å²) < 4.78 is 16.5. The standard InChI is InChI=1S/C21H14ClN3O4S/c22-15-8-12(7-14-19(23)25-5-6-30-21(25)24-20(14)26)1-3-16(15)27-10-13-2-4-17-18(9-13)29-11-28-17/h1-9,23H,10-11H2/b14-7-,23-19?. The summed E-state index contributed by atoms with van der Waals surface area (Å²) in [6.45, 7) is 0.540. The number of ether oxygens (including phenoxy) is 3. The molecule has 2 aromatic rings. The Hall–Kier alpha value is -3.23. The summed E-state index contributed by atoms with van der Waals surface area (Å²) in [6.07, 6.45) is 3.32. The molecule has 3 heterocycles. The van der Waals surface area contributed by atoms with Crippen molar-refractivity contribution in [1.82, 2.24) is 4.90 Å². The molecule has 7 nitrogen and oxygen atoms in total. The fourth-order valence-electron chi connectivity index (χ4n) is 3.11. The van der Waals surface area contributed by atoms with Crippen molar-refractivity contribution in [3.05, 3.63) is 69.7 Å². The molecule has 0 atom stereocenters. The van der Waals surface area contributed by atoms with Gasteiger partial charge in [0.1, 0.15) is 18.2 Å². The minimum Gasteiger partial charge on any atom is -0.487 e. The second-order valence-electron chi connectivity index (χ2n) is 6.55. The fraction of sp³-hybridized carbons (Fsp3) is 0.0952. The molecule has 30 heavy (non-hydrogen) atoms. The molecule has 0 aliphatic carbocycles. The summed E-state index contributed by atoms with van der Waals surface area (Å²) in [6, 6.07) is 10.8. The molecular formula is C21H14ClN3O4S. The molecule has 0 aromatic heterocycles. The lowest BCUT2D eigenvalue weighted by Crippen LogP contribution is -2.35. The van der Waals surface area contributed by atoms with Crippen LogP contribution in [-0.2, 0) is 11.4 Å². The Morgan fingerprint density at radius 2 is 2.10 bits per heavy atom. The maximum Gasteiger partial charge on any atom is 0.283 e. The second-order valence-corrected chi connectivity index (χ2v) is 7.83. The number of rotatable bonds is 4. The van der Waals surface area contributed by atoms with Crippen LogP contribution < -0.4 is 14.2 Å². The van der Waals surface area contributed by atoms with Gasteiger partial charge in [-0.05, 0) is 46.9 Å².